The van der Waals surface area contributed by atoms with Crippen molar-refractivity contribution in [2.45, 2.75) is 25.9 Å². The van der Waals surface area contributed by atoms with Gasteiger partial charge in [-0.05, 0) is 43.2 Å². The minimum absolute atomic E-state index is 0.211. The van der Waals surface area contributed by atoms with Gasteiger partial charge < -0.3 is 14.8 Å². The molecule has 0 spiro atoms. The number of imide groups is 1. The quantitative estimate of drug-likeness (QED) is 0.694. The van der Waals surface area contributed by atoms with Crippen molar-refractivity contribution in [3.05, 3.63) is 47.5 Å². The highest BCUT2D eigenvalue weighted by Gasteiger charge is 2.55. The number of nitrogens with one attached hydrogen (secondary N) is 1. The van der Waals surface area contributed by atoms with Crippen LogP contribution in [-0.2, 0) is 14.4 Å². The summed E-state index contributed by atoms with van der Waals surface area (Å²) < 4.78 is 10.5. The van der Waals surface area contributed by atoms with Crippen molar-refractivity contribution in [1.29, 1.82) is 0 Å². The molecule has 3 amide bonds. The van der Waals surface area contributed by atoms with Crippen LogP contribution in [0.25, 0.3) is 0 Å². The van der Waals surface area contributed by atoms with Crippen LogP contribution in [0, 0.1) is 13.8 Å². The number of carbonyl (C=O) groups excluding carboxylic acids is 3. The Labute approximate surface area is 184 Å². The summed E-state index contributed by atoms with van der Waals surface area (Å²) >= 11 is 0. The fourth-order valence-electron chi connectivity index (χ4n) is 3.80. The summed E-state index contributed by atoms with van der Waals surface area (Å²) in [5, 5.41) is 12.0. The number of hydrogen-bond acceptors (Lipinski definition) is 8. The normalized spacial score (nSPS) is 19.4. The highest BCUT2D eigenvalue weighted by molar-refractivity contribution is 6.25. The second-order valence-electron chi connectivity index (χ2n) is 7.54. The maximum absolute atomic E-state index is 13.1. The van der Waals surface area contributed by atoms with Gasteiger partial charge in [0.1, 0.15) is 6.54 Å². The van der Waals surface area contributed by atoms with Crippen LogP contribution in [0.3, 0.4) is 0 Å². The van der Waals surface area contributed by atoms with Gasteiger partial charge in [0, 0.05) is 11.8 Å². The van der Waals surface area contributed by atoms with E-state index in [9.17, 15) is 14.4 Å². The molecular formula is C22H23N5O5. The van der Waals surface area contributed by atoms with Gasteiger partial charge in [0.05, 0.1) is 19.9 Å². The molecule has 4 rings (SSSR count). The van der Waals surface area contributed by atoms with E-state index in [2.05, 4.69) is 15.7 Å². The molecule has 10 nitrogen and oxygen atoms in total. The van der Waals surface area contributed by atoms with Crippen LogP contribution in [0.5, 0.6) is 11.5 Å². The summed E-state index contributed by atoms with van der Waals surface area (Å²) in [5.74, 6) is -0.512. The number of rotatable bonds is 6. The number of fused-ring (bicyclic) bond motifs is 1. The van der Waals surface area contributed by atoms with E-state index in [4.69, 9.17) is 9.47 Å². The summed E-state index contributed by atoms with van der Waals surface area (Å²) in [7, 11) is 2.96. The molecule has 0 saturated carbocycles. The average molecular weight is 437 g/mol. The Kier molecular flexibility index (Phi) is 5.52. The lowest BCUT2D eigenvalue weighted by Crippen LogP contribution is -2.43. The molecule has 0 aromatic heterocycles. The average Bonchev–Trinajstić information content (AvgIpc) is 3.30. The molecule has 2 atom stereocenters. The SMILES string of the molecule is COc1ccc(N2C(=O)[C@@H]3[C@@H](N=NN3CC(=O)Nc3cccc(C)c3C)C2=O)cc1OC. The lowest BCUT2D eigenvalue weighted by molar-refractivity contribution is -0.123. The molecule has 2 aliphatic rings. The Hall–Kier alpha value is -3.95. The molecule has 2 aromatic rings. The van der Waals surface area contributed by atoms with Crippen molar-refractivity contribution in [3.63, 3.8) is 0 Å². The molecule has 166 valence electrons. The zero-order chi connectivity index (χ0) is 23.0. The van der Waals surface area contributed by atoms with E-state index in [-0.39, 0.29) is 12.5 Å². The van der Waals surface area contributed by atoms with Gasteiger partial charge in [-0.25, -0.2) is 4.90 Å². The Bertz CT molecular complexity index is 1130. The second kappa shape index (κ2) is 8.29. The first-order valence-corrected chi connectivity index (χ1v) is 9.99. The lowest BCUT2D eigenvalue weighted by atomic mass is 10.1. The smallest absolute Gasteiger partial charge is 0.263 e. The van der Waals surface area contributed by atoms with Crippen LogP contribution in [0.2, 0.25) is 0 Å². The molecule has 32 heavy (non-hydrogen) atoms. The first kappa shape index (κ1) is 21.3. The topological polar surface area (TPSA) is 113 Å². The van der Waals surface area contributed by atoms with E-state index in [0.29, 0.717) is 22.9 Å². The van der Waals surface area contributed by atoms with E-state index in [0.717, 1.165) is 16.0 Å². The Morgan fingerprint density at radius 2 is 1.81 bits per heavy atom. The zero-order valence-electron chi connectivity index (χ0n) is 18.2. The minimum Gasteiger partial charge on any atom is -0.493 e. The van der Waals surface area contributed by atoms with Crippen LogP contribution < -0.4 is 19.7 Å². The number of benzene rings is 2. The van der Waals surface area contributed by atoms with Gasteiger partial charge in [-0.2, -0.15) is 5.11 Å². The highest BCUT2D eigenvalue weighted by Crippen LogP contribution is 2.36. The molecular weight excluding hydrogens is 414 g/mol. The maximum atomic E-state index is 13.1. The fourth-order valence-corrected chi connectivity index (χ4v) is 3.80. The molecule has 0 unspecified atom stereocenters. The molecule has 0 bridgehead atoms. The van der Waals surface area contributed by atoms with Crippen LogP contribution in [0.4, 0.5) is 11.4 Å². The number of hydrogen-bond donors (Lipinski definition) is 1. The van der Waals surface area contributed by atoms with Gasteiger partial charge in [0.15, 0.2) is 23.6 Å². The summed E-state index contributed by atoms with van der Waals surface area (Å²) in [6, 6.07) is 8.39. The van der Waals surface area contributed by atoms with Crippen LogP contribution in [-0.4, -0.2) is 55.6 Å². The van der Waals surface area contributed by atoms with Crippen molar-refractivity contribution in [3.8, 4) is 11.5 Å². The summed E-state index contributed by atoms with van der Waals surface area (Å²) in [4.78, 5) is 39.7. The first-order chi connectivity index (χ1) is 15.3. The number of anilines is 2. The van der Waals surface area contributed by atoms with Gasteiger partial charge in [0.25, 0.3) is 11.8 Å². The van der Waals surface area contributed by atoms with Gasteiger partial charge in [-0.15, -0.1) is 0 Å². The number of methoxy groups -OCH3 is 2. The van der Waals surface area contributed by atoms with Gasteiger partial charge in [-0.3, -0.25) is 19.4 Å². The molecule has 2 aliphatic heterocycles. The van der Waals surface area contributed by atoms with Crippen molar-refractivity contribution in [1.82, 2.24) is 5.01 Å². The van der Waals surface area contributed by atoms with Crippen molar-refractivity contribution in [2.24, 2.45) is 10.3 Å². The van der Waals surface area contributed by atoms with E-state index < -0.39 is 23.9 Å². The molecule has 2 heterocycles. The standard InChI is InChI=1S/C22H23N5O5/c1-12-6-5-7-15(13(12)2)23-18(28)11-26-20-19(24-25-26)21(29)27(22(20)30)14-8-9-16(31-3)17(10-14)32-4/h5-10,19-20H,11H2,1-4H3,(H,23,28)/t19-,20+/m1/s1. The summed E-state index contributed by atoms with van der Waals surface area (Å²) in [6.45, 7) is 3.66. The van der Waals surface area contributed by atoms with E-state index in [1.54, 1.807) is 24.3 Å². The van der Waals surface area contributed by atoms with Crippen LogP contribution >= 0.6 is 0 Å². The van der Waals surface area contributed by atoms with Crippen molar-refractivity contribution in [2.75, 3.05) is 31.0 Å². The van der Waals surface area contributed by atoms with Crippen LogP contribution in [0.15, 0.2) is 46.7 Å². The molecule has 1 saturated heterocycles. The highest BCUT2D eigenvalue weighted by atomic mass is 16.5. The van der Waals surface area contributed by atoms with Gasteiger partial charge in [-0.1, -0.05) is 17.4 Å². The number of carbonyl (C=O) groups is 3. The van der Waals surface area contributed by atoms with E-state index in [1.165, 1.54) is 19.2 Å². The van der Waals surface area contributed by atoms with Crippen LogP contribution in [0.1, 0.15) is 11.1 Å². The third-order valence-corrected chi connectivity index (χ3v) is 5.67. The predicted molar refractivity (Wildman–Crippen MR) is 116 cm³/mol. The second-order valence-corrected chi connectivity index (χ2v) is 7.54. The summed E-state index contributed by atoms with van der Waals surface area (Å²) in [6.07, 6.45) is 0. The fraction of sp³-hybridized carbons (Fsp3) is 0.318. The monoisotopic (exact) mass is 437 g/mol. The number of amides is 3. The van der Waals surface area contributed by atoms with E-state index >= 15 is 0 Å². The van der Waals surface area contributed by atoms with E-state index in [1.807, 2.05) is 26.0 Å². The molecule has 1 N–H and O–H groups in total. The molecule has 2 aromatic carbocycles. The Morgan fingerprint density at radius 1 is 1.06 bits per heavy atom. The first-order valence-electron chi connectivity index (χ1n) is 9.99. The molecule has 10 heteroatoms. The Morgan fingerprint density at radius 3 is 2.53 bits per heavy atom. The molecule has 1 fully saturated rings. The number of ether oxygens (including phenoxy) is 2. The molecule has 0 aliphatic carbocycles. The van der Waals surface area contributed by atoms with Crippen molar-refractivity contribution < 1.29 is 23.9 Å². The third-order valence-electron chi connectivity index (χ3n) is 5.67. The predicted octanol–water partition coefficient (Wildman–Crippen LogP) is 2.25. The maximum Gasteiger partial charge on any atom is 0.263 e. The van der Waals surface area contributed by atoms with Gasteiger partial charge in [0.2, 0.25) is 5.91 Å². The zero-order valence-corrected chi connectivity index (χ0v) is 18.2. The Balaban J connectivity index is 1.52. The van der Waals surface area contributed by atoms with Gasteiger partial charge >= 0.3 is 0 Å². The number of nitrogens with zero attached hydrogens (tertiary/aromatic N) is 4. The van der Waals surface area contributed by atoms with Crippen molar-refractivity contribution >= 4 is 29.1 Å². The molecule has 0 radical (unpaired) electrons. The lowest BCUT2D eigenvalue weighted by Gasteiger charge is -2.21. The third kappa shape index (κ3) is 3.53. The number of aryl methyl sites for hydroxylation is 1. The largest absolute Gasteiger partial charge is 0.493 e. The minimum atomic E-state index is -0.996. The summed E-state index contributed by atoms with van der Waals surface area (Å²) in [5.41, 5.74) is 3.02.